The topological polar surface area (TPSA) is 38.1 Å². The van der Waals surface area contributed by atoms with Crippen LogP contribution in [0.5, 0.6) is 0 Å². The SMILES string of the molecule is CC(=O)Nc1ccc(-c2c[n+]3cc(C)c(C)cc3n2C)cc1. The summed E-state index contributed by atoms with van der Waals surface area (Å²) >= 11 is 0. The zero-order valence-electron chi connectivity index (χ0n) is 13.3. The smallest absolute Gasteiger partial charge is 0.286 e. The Balaban J connectivity index is 2.06. The van der Waals surface area contributed by atoms with Crippen molar-refractivity contribution in [2.45, 2.75) is 20.8 Å². The summed E-state index contributed by atoms with van der Waals surface area (Å²) in [5.41, 5.74) is 6.79. The number of nitrogens with zero attached hydrogens (tertiary/aromatic N) is 2. The fraction of sp³-hybridized carbons (Fsp3) is 0.222. The van der Waals surface area contributed by atoms with Crippen molar-refractivity contribution >= 4 is 17.2 Å². The van der Waals surface area contributed by atoms with E-state index in [1.807, 2.05) is 24.3 Å². The molecule has 0 aliphatic rings. The van der Waals surface area contributed by atoms with Crippen LogP contribution in [0.15, 0.2) is 42.7 Å². The zero-order valence-corrected chi connectivity index (χ0v) is 13.3. The quantitative estimate of drug-likeness (QED) is 0.725. The van der Waals surface area contributed by atoms with E-state index in [2.05, 4.69) is 53.6 Å². The Labute approximate surface area is 130 Å². The maximum atomic E-state index is 11.1. The number of amides is 1. The number of anilines is 1. The van der Waals surface area contributed by atoms with E-state index in [1.54, 1.807) is 0 Å². The van der Waals surface area contributed by atoms with Crippen molar-refractivity contribution in [1.29, 1.82) is 0 Å². The molecule has 22 heavy (non-hydrogen) atoms. The lowest BCUT2D eigenvalue weighted by molar-refractivity contribution is -0.510. The van der Waals surface area contributed by atoms with Gasteiger partial charge in [0.1, 0.15) is 6.20 Å². The van der Waals surface area contributed by atoms with Gasteiger partial charge in [-0.1, -0.05) is 0 Å². The monoisotopic (exact) mass is 294 g/mol. The third kappa shape index (κ3) is 2.48. The number of nitrogens with one attached hydrogen (secondary N) is 1. The number of hydrogen-bond donors (Lipinski definition) is 1. The molecule has 0 spiro atoms. The predicted octanol–water partition coefficient (Wildman–Crippen LogP) is 3.01. The molecule has 0 aliphatic carbocycles. The summed E-state index contributed by atoms with van der Waals surface area (Å²) < 4.78 is 4.33. The van der Waals surface area contributed by atoms with E-state index in [1.165, 1.54) is 18.1 Å². The molecule has 0 bridgehead atoms. The van der Waals surface area contributed by atoms with Gasteiger partial charge >= 0.3 is 0 Å². The summed E-state index contributed by atoms with van der Waals surface area (Å²) in [5.74, 6) is -0.0566. The van der Waals surface area contributed by atoms with E-state index in [9.17, 15) is 4.79 Å². The van der Waals surface area contributed by atoms with Gasteiger partial charge in [-0.3, -0.25) is 4.79 Å². The van der Waals surface area contributed by atoms with E-state index in [0.717, 1.165) is 22.6 Å². The number of rotatable bonds is 2. The molecule has 3 rings (SSSR count). The van der Waals surface area contributed by atoms with Gasteiger partial charge in [-0.25, -0.2) is 8.97 Å². The maximum absolute atomic E-state index is 11.1. The van der Waals surface area contributed by atoms with E-state index < -0.39 is 0 Å². The van der Waals surface area contributed by atoms with Gasteiger partial charge in [-0.15, -0.1) is 0 Å². The molecule has 0 radical (unpaired) electrons. The van der Waals surface area contributed by atoms with Gasteiger partial charge in [0.2, 0.25) is 5.91 Å². The largest absolute Gasteiger partial charge is 0.326 e. The molecule has 112 valence electrons. The number of fused-ring (bicyclic) bond motifs is 1. The Morgan fingerprint density at radius 1 is 1.09 bits per heavy atom. The minimum atomic E-state index is -0.0566. The molecule has 0 saturated heterocycles. The first-order valence-electron chi connectivity index (χ1n) is 7.31. The van der Waals surface area contributed by atoms with Gasteiger partial charge in [0.15, 0.2) is 5.69 Å². The molecule has 0 atom stereocenters. The molecule has 4 heteroatoms. The molecule has 0 aliphatic heterocycles. The minimum Gasteiger partial charge on any atom is -0.326 e. The molecule has 4 nitrogen and oxygen atoms in total. The minimum absolute atomic E-state index is 0.0566. The summed E-state index contributed by atoms with van der Waals surface area (Å²) in [7, 11) is 2.07. The summed E-state index contributed by atoms with van der Waals surface area (Å²) in [4.78, 5) is 11.1. The van der Waals surface area contributed by atoms with Crippen LogP contribution < -0.4 is 9.72 Å². The first kappa shape index (κ1) is 14.3. The number of aryl methyl sites for hydroxylation is 3. The lowest BCUT2D eigenvalue weighted by Crippen LogP contribution is -2.19. The van der Waals surface area contributed by atoms with E-state index >= 15 is 0 Å². The average molecular weight is 294 g/mol. The van der Waals surface area contributed by atoms with Crippen molar-refractivity contribution in [2.75, 3.05) is 5.32 Å². The number of pyridine rings is 1. The molecule has 2 aromatic heterocycles. The second kappa shape index (κ2) is 5.30. The highest BCUT2D eigenvalue weighted by molar-refractivity contribution is 5.88. The fourth-order valence-corrected chi connectivity index (χ4v) is 2.67. The van der Waals surface area contributed by atoms with Crippen molar-refractivity contribution in [1.82, 2.24) is 4.57 Å². The molecule has 1 amide bonds. The standard InChI is InChI=1S/C18H19N3O/c1-12-9-18-20(4)17(11-21(18)10-13(12)2)15-5-7-16(8-6-15)19-14(3)22/h5-11H,1-4H3/p+1. The Hall–Kier alpha value is -2.62. The normalized spacial score (nSPS) is 10.9. The molecular formula is C18H20N3O+. The van der Waals surface area contributed by atoms with Gasteiger partial charge in [-0.2, -0.15) is 0 Å². The third-order valence-electron chi connectivity index (χ3n) is 4.03. The van der Waals surface area contributed by atoms with Crippen LogP contribution in [0.4, 0.5) is 5.69 Å². The molecule has 2 heterocycles. The summed E-state index contributed by atoms with van der Waals surface area (Å²) in [6, 6.07) is 10.1. The van der Waals surface area contributed by atoms with Crippen LogP contribution in [-0.2, 0) is 11.8 Å². The number of hydrogen-bond acceptors (Lipinski definition) is 1. The first-order chi connectivity index (χ1) is 10.5. The average Bonchev–Trinajstić information content (AvgIpc) is 2.77. The van der Waals surface area contributed by atoms with Crippen LogP contribution in [0.1, 0.15) is 18.1 Å². The van der Waals surface area contributed by atoms with Crippen molar-refractivity contribution in [3.63, 3.8) is 0 Å². The van der Waals surface area contributed by atoms with Gasteiger partial charge in [-0.05, 0) is 49.2 Å². The third-order valence-corrected chi connectivity index (χ3v) is 4.03. The number of imidazole rings is 1. The van der Waals surface area contributed by atoms with E-state index in [4.69, 9.17) is 0 Å². The number of benzene rings is 1. The second-order valence-corrected chi connectivity index (χ2v) is 5.74. The maximum Gasteiger partial charge on any atom is 0.286 e. The molecule has 0 saturated carbocycles. The number of carbonyl (C=O) groups excluding carboxylic acids is 1. The van der Waals surface area contributed by atoms with E-state index in [0.29, 0.717) is 0 Å². The van der Waals surface area contributed by atoms with Crippen molar-refractivity contribution in [3.05, 3.63) is 53.9 Å². The highest BCUT2D eigenvalue weighted by Crippen LogP contribution is 2.22. The van der Waals surface area contributed by atoms with Gasteiger partial charge in [0.25, 0.3) is 5.65 Å². The summed E-state index contributed by atoms with van der Waals surface area (Å²) in [6.07, 6.45) is 4.29. The highest BCUT2D eigenvalue weighted by atomic mass is 16.1. The Morgan fingerprint density at radius 2 is 1.77 bits per heavy atom. The number of carbonyl (C=O) groups is 1. The molecule has 1 aromatic carbocycles. The van der Waals surface area contributed by atoms with Crippen LogP contribution in [0.2, 0.25) is 0 Å². The fourth-order valence-electron chi connectivity index (χ4n) is 2.67. The van der Waals surface area contributed by atoms with Crippen LogP contribution in [0.25, 0.3) is 16.9 Å². The van der Waals surface area contributed by atoms with Crippen LogP contribution in [0.3, 0.4) is 0 Å². The lowest BCUT2D eigenvalue weighted by atomic mass is 10.1. The van der Waals surface area contributed by atoms with Crippen molar-refractivity contribution < 1.29 is 9.20 Å². The predicted molar refractivity (Wildman–Crippen MR) is 87.8 cm³/mol. The highest BCUT2D eigenvalue weighted by Gasteiger charge is 2.16. The molecule has 3 aromatic rings. The lowest BCUT2D eigenvalue weighted by Gasteiger charge is -2.02. The Bertz CT molecular complexity index is 860. The van der Waals surface area contributed by atoms with Gasteiger partial charge in [0.05, 0.1) is 13.2 Å². The Morgan fingerprint density at radius 3 is 2.41 bits per heavy atom. The summed E-state index contributed by atoms with van der Waals surface area (Å²) in [5, 5.41) is 2.79. The first-order valence-corrected chi connectivity index (χ1v) is 7.31. The zero-order chi connectivity index (χ0) is 15.9. The Kier molecular flexibility index (Phi) is 3.45. The van der Waals surface area contributed by atoms with Gasteiger partial charge < -0.3 is 5.32 Å². The van der Waals surface area contributed by atoms with Crippen LogP contribution in [-0.4, -0.2) is 10.5 Å². The number of aromatic nitrogens is 2. The second-order valence-electron chi connectivity index (χ2n) is 5.74. The van der Waals surface area contributed by atoms with Gasteiger partial charge in [0, 0.05) is 24.2 Å². The van der Waals surface area contributed by atoms with Crippen molar-refractivity contribution in [2.24, 2.45) is 7.05 Å². The molecule has 0 unspecified atom stereocenters. The van der Waals surface area contributed by atoms with Crippen molar-refractivity contribution in [3.8, 4) is 11.3 Å². The van der Waals surface area contributed by atoms with E-state index in [-0.39, 0.29) is 5.91 Å². The molecular weight excluding hydrogens is 274 g/mol. The van der Waals surface area contributed by atoms with Crippen LogP contribution >= 0.6 is 0 Å². The summed E-state index contributed by atoms with van der Waals surface area (Å²) in [6.45, 7) is 5.76. The molecule has 1 N–H and O–H groups in total. The van der Waals surface area contributed by atoms with Crippen LogP contribution in [0, 0.1) is 13.8 Å². The molecule has 0 fully saturated rings.